The van der Waals surface area contributed by atoms with E-state index in [2.05, 4.69) is 0 Å². The molecule has 0 radical (unpaired) electrons. The zero-order chi connectivity index (χ0) is 11.0. The SMILES string of the molecule is CCC(=O)c1cc2c(F)cc(F)cc2o1. The van der Waals surface area contributed by atoms with Gasteiger partial charge in [-0.05, 0) is 6.07 Å². The van der Waals surface area contributed by atoms with Crippen LogP contribution in [0.1, 0.15) is 23.9 Å². The van der Waals surface area contributed by atoms with Crippen molar-refractivity contribution >= 4 is 16.8 Å². The van der Waals surface area contributed by atoms with Crippen LogP contribution in [0.3, 0.4) is 0 Å². The highest BCUT2D eigenvalue weighted by atomic mass is 19.1. The minimum Gasteiger partial charge on any atom is -0.453 e. The lowest BCUT2D eigenvalue weighted by Crippen LogP contribution is -1.92. The Kier molecular flexibility index (Phi) is 2.26. The second kappa shape index (κ2) is 3.46. The van der Waals surface area contributed by atoms with E-state index < -0.39 is 11.6 Å². The summed E-state index contributed by atoms with van der Waals surface area (Å²) in [5.74, 6) is -1.60. The van der Waals surface area contributed by atoms with E-state index in [9.17, 15) is 13.6 Å². The third-order valence-corrected chi connectivity index (χ3v) is 2.15. The Morgan fingerprint density at radius 3 is 2.73 bits per heavy atom. The Morgan fingerprint density at radius 1 is 1.33 bits per heavy atom. The van der Waals surface area contributed by atoms with Gasteiger partial charge in [0.1, 0.15) is 17.2 Å². The van der Waals surface area contributed by atoms with Gasteiger partial charge in [-0.3, -0.25) is 4.79 Å². The lowest BCUT2D eigenvalue weighted by molar-refractivity contribution is 0.0963. The Morgan fingerprint density at radius 2 is 2.07 bits per heavy atom. The van der Waals surface area contributed by atoms with Gasteiger partial charge in [0, 0.05) is 18.6 Å². The van der Waals surface area contributed by atoms with E-state index in [-0.39, 0.29) is 28.9 Å². The molecule has 0 fully saturated rings. The van der Waals surface area contributed by atoms with Gasteiger partial charge in [-0.25, -0.2) is 8.78 Å². The second-order valence-corrected chi connectivity index (χ2v) is 3.19. The average molecular weight is 210 g/mol. The van der Waals surface area contributed by atoms with Crippen LogP contribution in [0, 0.1) is 11.6 Å². The lowest BCUT2D eigenvalue weighted by atomic mass is 10.2. The van der Waals surface area contributed by atoms with Crippen LogP contribution in [0.2, 0.25) is 0 Å². The predicted molar refractivity (Wildman–Crippen MR) is 50.8 cm³/mol. The summed E-state index contributed by atoms with van der Waals surface area (Å²) < 4.78 is 31.1. The number of Topliss-reactive ketones (excluding diaryl/α,β-unsaturated/α-hetero) is 1. The number of rotatable bonds is 2. The third kappa shape index (κ3) is 1.63. The van der Waals surface area contributed by atoms with Gasteiger partial charge in [0.15, 0.2) is 11.5 Å². The molecule has 4 heteroatoms. The monoisotopic (exact) mass is 210 g/mol. The van der Waals surface area contributed by atoms with Crippen molar-refractivity contribution < 1.29 is 18.0 Å². The molecule has 0 saturated carbocycles. The summed E-state index contributed by atoms with van der Waals surface area (Å²) in [4.78, 5) is 11.3. The maximum Gasteiger partial charge on any atom is 0.197 e. The fourth-order valence-electron chi connectivity index (χ4n) is 1.38. The number of furan rings is 1. The summed E-state index contributed by atoms with van der Waals surface area (Å²) in [7, 11) is 0. The van der Waals surface area contributed by atoms with E-state index in [1.807, 2.05) is 0 Å². The summed E-state index contributed by atoms with van der Waals surface area (Å²) in [6, 6.07) is 3.12. The molecule has 0 aliphatic carbocycles. The molecule has 0 aliphatic rings. The molecule has 1 heterocycles. The highest BCUT2D eigenvalue weighted by Crippen LogP contribution is 2.24. The normalized spacial score (nSPS) is 10.9. The second-order valence-electron chi connectivity index (χ2n) is 3.19. The molecule has 0 spiro atoms. The summed E-state index contributed by atoms with van der Waals surface area (Å²) in [5, 5.41) is 0.133. The van der Waals surface area contributed by atoms with Gasteiger partial charge in [-0.1, -0.05) is 6.92 Å². The number of carbonyl (C=O) groups is 1. The van der Waals surface area contributed by atoms with Crippen molar-refractivity contribution in [3.8, 4) is 0 Å². The minimum atomic E-state index is -0.719. The molecule has 0 amide bonds. The summed E-state index contributed by atoms with van der Waals surface area (Å²) in [5.41, 5.74) is 0.0595. The molecule has 0 saturated heterocycles. The zero-order valence-corrected chi connectivity index (χ0v) is 8.01. The smallest absolute Gasteiger partial charge is 0.197 e. The molecule has 0 atom stereocenters. The van der Waals surface area contributed by atoms with Crippen molar-refractivity contribution in [3.63, 3.8) is 0 Å². The first-order chi connectivity index (χ1) is 7.11. The predicted octanol–water partition coefficient (Wildman–Crippen LogP) is 3.30. The van der Waals surface area contributed by atoms with Crippen LogP contribution in [-0.4, -0.2) is 5.78 Å². The topological polar surface area (TPSA) is 30.2 Å². The molecule has 1 aromatic heterocycles. The van der Waals surface area contributed by atoms with E-state index in [0.29, 0.717) is 0 Å². The van der Waals surface area contributed by atoms with Crippen molar-refractivity contribution in [1.29, 1.82) is 0 Å². The van der Waals surface area contributed by atoms with Crippen molar-refractivity contribution in [1.82, 2.24) is 0 Å². The minimum absolute atomic E-state index is 0.0595. The van der Waals surface area contributed by atoms with Crippen LogP contribution in [-0.2, 0) is 0 Å². The van der Waals surface area contributed by atoms with Crippen LogP contribution in [0.15, 0.2) is 22.6 Å². The van der Waals surface area contributed by atoms with Crippen molar-refractivity contribution in [3.05, 3.63) is 35.6 Å². The van der Waals surface area contributed by atoms with Crippen molar-refractivity contribution in [2.24, 2.45) is 0 Å². The Hall–Kier alpha value is -1.71. The van der Waals surface area contributed by atoms with E-state index in [1.54, 1.807) is 6.92 Å². The first kappa shape index (κ1) is 9.83. The highest BCUT2D eigenvalue weighted by molar-refractivity contribution is 5.97. The molecule has 0 N–H and O–H groups in total. The van der Waals surface area contributed by atoms with Crippen LogP contribution in [0.4, 0.5) is 8.78 Å². The Bertz CT molecular complexity index is 529. The molecular weight excluding hydrogens is 202 g/mol. The molecule has 0 bridgehead atoms. The fourth-order valence-corrected chi connectivity index (χ4v) is 1.38. The number of fused-ring (bicyclic) bond motifs is 1. The van der Waals surface area contributed by atoms with Crippen LogP contribution < -0.4 is 0 Å². The molecular formula is C11H8F2O2. The van der Waals surface area contributed by atoms with Gasteiger partial charge >= 0.3 is 0 Å². The molecule has 2 aromatic rings. The lowest BCUT2D eigenvalue weighted by Gasteiger charge is -1.90. The molecule has 0 unspecified atom stereocenters. The van der Waals surface area contributed by atoms with Gasteiger partial charge in [-0.15, -0.1) is 0 Å². The molecule has 78 valence electrons. The molecule has 15 heavy (non-hydrogen) atoms. The van der Waals surface area contributed by atoms with Gasteiger partial charge in [0.25, 0.3) is 0 Å². The average Bonchev–Trinajstić information content (AvgIpc) is 2.60. The summed E-state index contributed by atoms with van der Waals surface area (Å²) in [6.45, 7) is 1.67. The van der Waals surface area contributed by atoms with Gasteiger partial charge < -0.3 is 4.42 Å². The maximum absolute atomic E-state index is 13.2. The first-order valence-corrected chi connectivity index (χ1v) is 4.53. The number of benzene rings is 1. The van der Waals surface area contributed by atoms with E-state index in [4.69, 9.17) is 4.42 Å². The maximum atomic E-state index is 13.2. The summed E-state index contributed by atoms with van der Waals surface area (Å²) >= 11 is 0. The van der Waals surface area contributed by atoms with Crippen LogP contribution >= 0.6 is 0 Å². The van der Waals surface area contributed by atoms with Gasteiger partial charge in [0.05, 0.1) is 5.39 Å². The van der Waals surface area contributed by atoms with Crippen molar-refractivity contribution in [2.45, 2.75) is 13.3 Å². The van der Waals surface area contributed by atoms with Crippen molar-refractivity contribution in [2.75, 3.05) is 0 Å². The van der Waals surface area contributed by atoms with E-state index in [0.717, 1.165) is 12.1 Å². The molecule has 2 nitrogen and oxygen atoms in total. The number of hydrogen-bond acceptors (Lipinski definition) is 2. The van der Waals surface area contributed by atoms with Gasteiger partial charge in [0.2, 0.25) is 0 Å². The Labute approximate surface area is 84.5 Å². The number of ketones is 1. The number of carbonyl (C=O) groups excluding carboxylic acids is 1. The molecule has 2 rings (SSSR count). The largest absolute Gasteiger partial charge is 0.453 e. The first-order valence-electron chi connectivity index (χ1n) is 4.53. The van der Waals surface area contributed by atoms with E-state index in [1.165, 1.54) is 6.07 Å². The van der Waals surface area contributed by atoms with Crippen LogP contribution in [0.5, 0.6) is 0 Å². The fraction of sp³-hybridized carbons (Fsp3) is 0.182. The molecule has 1 aromatic carbocycles. The molecule has 0 aliphatic heterocycles. The number of halogens is 2. The van der Waals surface area contributed by atoms with Crippen LogP contribution in [0.25, 0.3) is 11.0 Å². The van der Waals surface area contributed by atoms with E-state index >= 15 is 0 Å². The third-order valence-electron chi connectivity index (χ3n) is 2.15. The highest BCUT2D eigenvalue weighted by Gasteiger charge is 2.14. The quantitative estimate of drug-likeness (QED) is 0.712. The zero-order valence-electron chi connectivity index (χ0n) is 8.01. The standard InChI is InChI=1S/C11H8F2O2/c1-2-9(14)11-5-7-8(13)3-6(12)4-10(7)15-11/h3-5H,2H2,1H3. The number of hydrogen-bond donors (Lipinski definition) is 0. The summed E-state index contributed by atoms with van der Waals surface area (Å²) in [6.07, 6.45) is 0.268. The Balaban J connectivity index is 2.65. The van der Waals surface area contributed by atoms with Gasteiger partial charge in [-0.2, -0.15) is 0 Å².